The molecule has 8 heteroatoms. The van der Waals surface area contributed by atoms with Gasteiger partial charge in [0, 0.05) is 6.04 Å². The molecule has 2 N–H and O–H groups in total. The number of nitrogens with zero attached hydrogens (tertiary/aromatic N) is 4. The molecule has 1 aromatic heterocycles. The summed E-state index contributed by atoms with van der Waals surface area (Å²) in [5, 5.41) is 22.1. The van der Waals surface area contributed by atoms with Crippen LogP contribution in [0.3, 0.4) is 0 Å². The third-order valence-corrected chi connectivity index (χ3v) is 2.88. The van der Waals surface area contributed by atoms with Crippen molar-refractivity contribution >= 4 is 0 Å². The lowest BCUT2D eigenvalue weighted by molar-refractivity contribution is -0.0490. The number of aliphatic hydroxyl groups is 1. The number of alkyl halides is 2. The van der Waals surface area contributed by atoms with Crippen molar-refractivity contribution in [1.82, 2.24) is 25.5 Å². The molecular formula is C12H15F2N5O. The molecule has 0 spiro atoms. The summed E-state index contributed by atoms with van der Waals surface area (Å²) in [6.07, 6.45) is 1.46. The van der Waals surface area contributed by atoms with Gasteiger partial charge in [-0.1, -0.05) is 12.1 Å². The third kappa shape index (κ3) is 3.55. The van der Waals surface area contributed by atoms with Crippen LogP contribution < -0.4 is 5.32 Å². The van der Waals surface area contributed by atoms with Gasteiger partial charge in [-0.2, -0.15) is 0 Å². The summed E-state index contributed by atoms with van der Waals surface area (Å²) in [7, 11) is 0. The Kier molecular flexibility index (Phi) is 4.35. The SMILES string of the molecule is CC(NCC(F)(F)CO)c1cccc(-n2cnnn2)c1. The van der Waals surface area contributed by atoms with Crippen LogP contribution in [0.1, 0.15) is 18.5 Å². The highest BCUT2D eigenvalue weighted by Crippen LogP contribution is 2.18. The smallest absolute Gasteiger partial charge is 0.282 e. The maximum absolute atomic E-state index is 13.0. The van der Waals surface area contributed by atoms with Crippen LogP contribution in [-0.2, 0) is 0 Å². The van der Waals surface area contributed by atoms with Crippen molar-refractivity contribution in [3.63, 3.8) is 0 Å². The highest BCUT2D eigenvalue weighted by molar-refractivity contribution is 5.35. The Morgan fingerprint density at radius 2 is 2.25 bits per heavy atom. The number of tetrazole rings is 1. The predicted octanol–water partition coefficient (Wildman–Crippen LogP) is 0.940. The van der Waals surface area contributed by atoms with E-state index in [0.717, 1.165) is 11.3 Å². The number of halogens is 2. The Morgan fingerprint density at radius 3 is 2.90 bits per heavy atom. The van der Waals surface area contributed by atoms with Gasteiger partial charge >= 0.3 is 0 Å². The molecule has 0 fully saturated rings. The first kappa shape index (κ1) is 14.5. The first-order valence-corrected chi connectivity index (χ1v) is 6.07. The van der Waals surface area contributed by atoms with Crippen molar-refractivity contribution in [2.75, 3.05) is 13.2 Å². The molecule has 20 heavy (non-hydrogen) atoms. The number of hydrogen-bond donors (Lipinski definition) is 2. The quantitative estimate of drug-likeness (QED) is 0.825. The monoisotopic (exact) mass is 283 g/mol. The first-order valence-electron chi connectivity index (χ1n) is 6.07. The average Bonchev–Trinajstić information content (AvgIpc) is 2.99. The fourth-order valence-electron chi connectivity index (χ4n) is 1.69. The third-order valence-electron chi connectivity index (χ3n) is 2.88. The van der Waals surface area contributed by atoms with Crippen molar-refractivity contribution in [2.45, 2.75) is 18.9 Å². The molecule has 0 aliphatic rings. The number of rotatable bonds is 6. The molecule has 2 rings (SSSR count). The number of aromatic nitrogens is 4. The highest BCUT2D eigenvalue weighted by atomic mass is 19.3. The van der Waals surface area contributed by atoms with E-state index in [1.54, 1.807) is 13.0 Å². The van der Waals surface area contributed by atoms with E-state index in [0.29, 0.717) is 0 Å². The second kappa shape index (κ2) is 6.02. The van der Waals surface area contributed by atoms with Crippen LogP contribution in [0.4, 0.5) is 8.78 Å². The molecule has 2 aromatic rings. The van der Waals surface area contributed by atoms with E-state index >= 15 is 0 Å². The van der Waals surface area contributed by atoms with Crippen molar-refractivity contribution in [3.8, 4) is 5.69 Å². The van der Waals surface area contributed by atoms with Gasteiger partial charge in [0.2, 0.25) is 0 Å². The van der Waals surface area contributed by atoms with Crippen molar-refractivity contribution in [1.29, 1.82) is 0 Å². The summed E-state index contributed by atoms with van der Waals surface area (Å²) in [6, 6.07) is 6.96. The maximum Gasteiger partial charge on any atom is 0.282 e. The first-order chi connectivity index (χ1) is 9.52. The minimum absolute atomic E-state index is 0.288. The normalized spacial score (nSPS) is 13.4. The zero-order chi connectivity index (χ0) is 14.6. The van der Waals surface area contributed by atoms with Crippen LogP contribution in [0.25, 0.3) is 5.69 Å². The Morgan fingerprint density at radius 1 is 1.45 bits per heavy atom. The van der Waals surface area contributed by atoms with Crippen molar-refractivity contribution in [3.05, 3.63) is 36.2 Å². The number of hydrogen-bond acceptors (Lipinski definition) is 5. The van der Waals surface area contributed by atoms with Gasteiger partial charge in [-0.15, -0.1) is 5.10 Å². The Hall–Kier alpha value is -1.93. The van der Waals surface area contributed by atoms with E-state index < -0.39 is 19.1 Å². The molecule has 0 radical (unpaired) electrons. The maximum atomic E-state index is 13.0. The molecule has 0 aliphatic heterocycles. The molecule has 1 atom stereocenters. The minimum Gasteiger partial charge on any atom is -0.390 e. The number of benzene rings is 1. The van der Waals surface area contributed by atoms with Gasteiger partial charge in [0.1, 0.15) is 12.9 Å². The molecule has 1 unspecified atom stereocenters. The summed E-state index contributed by atoms with van der Waals surface area (Å²) in [6.45, 7) is 0.0172. The topological polar surface area (TPSA) is 75.9 Å². The Bertz CT molecular complexity index is 547. The second-order valence-electron chi connectivity index (χ2n) is 4.47. The second-order valence-corrected chi connectivity index (χ2v) is 4.47. The fraction of sp³-hybridized carbons (Fsp3) is 0.417. The molecule has 1 aromatic carbocycles. The number of aliphatic hydroxyl groups excluding tert-OH is 1. The van der Waals surface area contributed by atoms with Crippen molar-refractivity contribution in [2.24, 2.45) is 0 Å². The molecule has 1 heterocycles. The van der Waals surface area contributed by atoms with E-state index in [4.69, 9.17) is 5.11 Å². The van der Waals surface area contributed by atoms with Gasteiger partial charge in [-0.3, -0.25) is 0 Å². The van der Waals surface area contributed by atoms with Gasteiger partial charge in [0.25, 0.3) is 5.92 Å². The Labute approximate surface area is 114 Å². The molecular weight excluding hydrogens is 268 g/mol. The lowest BCUT2D eigenvalue weighted by Gasteiger charge is -2.19. The van der Waals surface area contributed by atoms with Gasteiger partial charge in [-0.25, -0.2) is 13.5 Å². The highest BCUT2D eigenvalue weighted by Gasteiger charge is 2.27. The molecule has 0 bridgehead atoms. The summed E-state index contributed by atoms with van der Waals surface area (Å²) < 4.78 is 27.5. The van der Waals surface area contributed by atoms with E-state index in [9.17, 15) is 8.78 Å². The molecule has 0 amide bonds. The predicted molar refractivity (Wildman–Crippen MR) is 67.6 cm³/mol. The van der Waals surface area contributed by atoms with Crippen LogP contribution >= 0.6 is 0 Å². The van der Waals surface area contributed by atoms with Crippen LogP contribution in [0.5, 0.6) is 0 Å². The lowest BCUT2D eigenvalue weighted by Crippen LogP contribution is -2.37. The van der Waals surface area contributed by atoms with E-state index in [2.05, 4.69) is 20.8 Å². The van der Waals surface area contributed by atoms with Crippen LogP contribution in [0.2, 0.25) is 0 Å². The van der Waals surface area contributed by atoms with Gasteiger partial charge < -0.3 is 10.4 Å². The average molecular weight is 283 g/mol. The van der Waals surface area contributed by atoms with Gasteiger partial charge in [0.05, 0.1) is 12.2 Å². The van der Waals surface area contributed by atoms with Crippen molar-refractivity contribution < 1.29 is 13.9 Å². The summed E-state index contributed by atoms with van der Waals surface area (Å²) in [4.78, 5) is 0. The summed E-state index contributed by atoms with van der Waals surface area (Å²) >= 11 is 0. The molecule has 108 valence electrons. The van der Waals surface area contributed by atoms with Gasteiger partial charge in [-0.05, 0) is 35.0 Å². The van der Waals surface area contributed by atoms with E-state index in [1.807, 2.05) is 18.2 Å². The largest absolute Gasteiger partial charge is 0.390 e. The minimum atomic E-state index is -3.12. The van der Waals surface area contributed by atoms with Crippen LogP contribution in [-0.4, -0.2) is 44.4 Å². The molecule has 6 nitrogen and oxygen atoms in total. The van der Waals surface area contributed by atoms with Gasteiger partial charge in [0.15, 0.2) is 0 Å². The summed E-state index contributed by atoms with van der Waals surface area (Å²) in [5.41, 5.74) is 1.57. The van der Waals surface area contributed by atoms with E-state index in [-0.39, 0.29) is 6.04 Å². The molecule has 0 aliphatic carbocycles. The fourth-order valence-corrected chi connectivity index (χ4v) is 1.69. The Balaban J connectivity index is 2.07. The molecule has 0 saturated heterocycles. The lowest BCUT2D eigenvalue weighted by atomic mass is 10.1. The van der Waals surface area contributed by atoms with E-state index in [1.165, 1.54) is 11.0 Å². The van der Waals surface area contributed by atoms with Crippen LogP contribution in [0, 0.1) is 0 Å². The van der Waals surface area contributed by atoms with Crippen LogP contribution in [0.15, 0.2) is 30.6 Å². The zero-order valence-corrected chi connectivity index (χ0v) is 10.9. The zero-order valence-electron chi connectivity index (χ0n) is 10.9. The molecule has 0 saturated carbocycles. The standard InChI is InChI=1S/C12H15F2N5O/c1-9(15-6-12(13,14)7-20)10-3-2-4-11(5-10)19-8-16-17-18-19/h2-5,8-9,15,20H,6-7H2,1H3. The number of nitrogens with one attached hydrogen (secondary N) is 1. The summed E-state index contributed by atoms with van der Waals surface area (Å²) in [5.74, 6) is -3.12.